The fourth-order valence-electron chi connectivity index (χ4n) is 1.17. The molecule has 0 aromatic heterocycles. The summed E-state index contributed by atoms with van der Waals surface area (Å²) in [5, 5.41) is 6.83. The van der Waals surface area contributed by atoms with E-state index >= 15 is 0 Å². The van der Waals surface area contributed by atoms with Crippen LogP contribution >= 0.6 is 28.1 Å². The molecule has 1 rings (SSSR count). The highest BCUT2D eigenvalue weighted by Crippen LogP contribution is 2.24. The lowest BCUT2D eigenvalue weighted by Gasteiger charge is -2.11. The summed E-state index contributed by atoms with van der Waals surface area (Å²) in [6.45, 7) is 2.97. The predicted octanol–water partition coefficient (Wildman–Crippen LogP) is 3.15. The Kier molecular flexibility index (Phi) is 5.55. The van der Waals surface area contributed by atoms with E-state index in [9.17, 15) is 0 Å². The van der Waals surface area contributed by atoms with E-state index in [-0.39, 0.29) is 0 Å². The molecular formula is C11H15BrN2OS. The maximum atomic E-state index is 5.16. The molecule has 0 amide bonds. The minimum atomic E-state index is 0.627. The molecule has 1 aromatic carbocycles. The number of halogens is 1. The van der Waals surface area contributed by atoms with Crippen molar-refractivity contribution in [1.29, 1.82) is 0 Å². The fourth-order valence-corrected chi connectivity index (χ4v) is 1.86. The van der Waals surface area contributed by atoms with Gasteiger partial charge in [-0.2, -0.15) is 0 Å². The summed E-state index contributed by atoms with van der Waals surface area (Å²) in [5.74, 6) is 0.787. The van der Waals surface area contributed by atoms with Crippen molar-refractivity contribution in [2.24, 2.45) is 0 Å². The van der Waals surface area contributed by atoms with Crippen LogP contribution < -0.4 is 15.4 Å². The molecule has 0 saturated heterocycles. The number of hydrogen-bond donors (Lipinski definition) is 2. The number of ether oxygens (including phenoxy) is 1. The predicted molar refractivity (Wildman–Crippen MR) is 75.2 cm³/mol. The Labute approximate surface area is 110 Å². The van der Waals surface area contributed by atoms with Crippen molar-refractivity contribution in [2.75, 3.05) is 19.0 Å². The highest BCUT2D eigenvalue weighted by Gasteiger charge is 2.01. The van der Waals surface area contributed by atoms with Crippen molar-refractivity contribution in [3.8, 4) is 5.75 Å². The maximum absolute atomic E-state index is 5.16. The molecule has 0 bridgehead atoms. The van der Waals surface area contributed by atoms with Gasteiger partial charge < -0.3 is 15.4 Å². The first-order chi connectivity index (χ1) is 7.65. The van der Waals surface area contributed by atoms with Crippen molar-refractivity contribution in [1.82, 2.24) is 5.32 Å². The van der Waals surface area contributed by atoms with Gasteiger partial charge in [0.2, 0.25) is 0 Å². The van der Waals surface area contributed by atoms with Crippen LogP contribution in [-0.2, 0) is 0 Å². The second-order valence-electron chi connectivity index (χ2n) is 3.26. The molecule has 2 N–H and O–H groups in total. The number of methoxy groups -OCH3 is 1. The molecule has 3 nitrogen and oxygen atoms in total. The summed E-state index contributed by atoms with van der Waals surface area (Å²) < 4.78 is 6.12. The third kappa shape index (κ3) is 4.37. The minimum absolute atomic E-state index is 0.627. The lowest BCUT2D eigenvalue weighted by Crippen LogP contribution is -2.28. The first kappa shape index (κ1) is 13.3. The quantitative estimate of drug-likeness (QED) is 0.837. The van der Waals surface area contributed by atoms with Crippen molar-refractivity contribution < 1.29 is 4.74 Å². The summed E-state index contributed by atoms with van der Waals surface area (Å²) >= 11 is 8.56. The van der Waals surface area contributed by atoms with Crippen LogP contribution in [-0.4, -0.2) is 18.8 Å². The lowest BCUT2D eigenvalue weighted by atomic mass is 10.3. The van der Waals surface area contributed by atoms with Crippen LogP contribution in [0.1, 0.15) is 13.3 Å². The van der Waals surface area contributed by atoms with Gasteiger partial charge in [0, 0.05) is 22.8 Å². The van der Waals surface area contributed by atoms with E-state index in [0.717, 1.165) is 28.9 Å². The normalized spacial score (nSPS) is 9.69. The number of benzene rings is 1. The monoisotopic (exact) mass is 302 g/mol. The van der Waals surface area contributed by atoms with E-state index in [1.807, 2.05) is 18.2 Å². The molecule has 0 saturated carbocycles. The van der Waals surface area contributed by atoms with Gasteiger partial charge in [0.05, 0.1) is 7.11 Å². The Morgan fingerprint density at radius 2 is 2.19 bits per heavy atom. The Hall–Kier alpha value is -0.810. The van der Waals surface area contributed by atoms with E-state index in [4.69, 9.17) is 17.0 Å². The van der Waals surface area contributed by atoms with Crippen LogP contribution in [0.3, 0.4) is 0 Å². The zero-order valence-corrected chi connectivity index (χ0v) is 11.7. The van der Waals surface area contributed by atoms with Gasteiger partial charge in [-0.3, -0.25) is 0 Å². The van der Waals surface area contributed by atoms with Crippen LogP contribution in [0.4, 0.5) is 5.69 Å². The third-order valence-corrected chi connectivity index (χ3v) is 2.60. The largest absolute Gasteiger partial charge is 0.497 e. The van der Waals surface area contributed by atoms with E-state index in [1.165, 1.54) is 0 Å². The number of hydrogen-bond acceptors (Lipinski definition) is 2. The van der Waals surface area contributed by atoms with Crippen LogP contribution in [0.5, 0.6) is 5.75 Å². The molecule has 0 unspecified atom stereocenters. The molecular weight excluding hydrogens is 288 g/mol. The molecule has 0 spiro atoms. The van der Waals surface area contributed by atoms with Crippen LogP contribution in [0.25, 0.3) is 0 Å². The summed E-state index contributed by atoms with van der Waals surface area (Å²) in [4.78, 5) is 0. The summed E-state index contributed by atoms with van der Waals surface area (Å²) in [6, 6.07) is 5.74. The topological polar surface area (TPSA) is 33.3 Å². The molecule has 0 heterocycles. The van der Waals surface area contributed by atoms with Crippen molar-refractivity contribution in [3.63, 3.8) is 0 Å². The van der Waals surface area contributed by atoms with Gasteiger partial charge in [0.25, 0.3) is 0 Å². The highest BCUT2D eigenvalue weighted by atomic mass is 79.9. The molecule has 1 aromatic rings. The summed E-state index contributed by atoms with van der Waals surface area (Å²) in [7, 11) is 1.64. The minimum Gasteiger partial charge on any atom is -0.497 e. The number of thiocarbonyl (C=S) groups is 1. The van der Waals surface area contributed by atoms with Crippen LogP contribution in [0.15, 0.2) is 22.7 Å². The zero-order valence-electron chi connectivity index (χ0n) is 9.34. The van der Waals surface area contributed by atoms with E-state index in [1.54, 1.807) is 7.11 Å². The average molecular weight is 303 g/mol. The molecule has 0 aliphatic rings. The molecule has 5 heteroatoms. The SMILES string of the molecule is CCCNC(=S)Nc1cc(Br)cc(OC)c1. The lowest BCUT2D eigenvalue weighted by molar-refractivity contribution is 0.415. The van der Waals surface area contributed by atoms with Gasteiger partial charge in [-0.05, 0) is 30.8 Å². The van der Waals surface area contributed by atoms with E-state index in [2.05, 4.69) is 33.5 Å². The first-order valence-corrected chi connectivity index (χ1v) is 6.25. The van der Waals surface area contributed by atoms with Gasteiger partial charge in [0.15, 0.2) is 5.11 Å². The van der Waals surface area contributed by atoms with Gasteiger partial charge in [-0.1, -0.05) is 22.9 Å². The first-order valence-electron chi connectivity index (χ1n) is 5.05. The van der Waals surface area contributed by atoms with Crippen LogP contribution in [0, 0.1) is 0 Å². The average Bonchev–Trinajstić information content (AvgIpc) is 2.25. The Morgan fingerprint density at radius 1 is 1.44 bits per heavy atom. The van der Waals surface area contributed by atoms with Crippen molar-refractivity contribution in [2.45, 2.75) is 13.3 Å². The van der Waals surface area contributed by atoms with Gasteiger partial charge >= 0.3 is 0 Å². The highest BCUT2D eigenvalue weighted by molar-refractivity contribution is 9.10. The third-order valence-electron chi connectivity index (χ3n) is 1.90. The molecule has 0 fully saturated rings. The van der Waals surface area contributed by atoms with E-state index < -0.39 is 0 Å². The van der Waals surface area contributed by atoms with E-state index in [0.29, 0.717) is 5.11 Å². The van der Waals surface area contributed by atoms with Crippen LogP contribution in [0.2, 0.25) is 0 Å². The maximum Gasteiger partial charge on any atom is 0.170 e. The van der Waals surface area contributed by atoms with Gasteiger partial charge in [-0.15, -0.1) is 0 Å². The molecule has 0 radical (unpaired) electrons. The molecule has 0 atom stereocenters. The second kappa shape index (κ2) is 6.70. The van der Waals surface area contributed by atoms with Gasteiger partial charge in [0.1, 0.15) is 5.75 Å². The number of rotatable bonds is 4. The molecule has 0 aliphatic heterocycles. The van der Waals surface area contributed by atoms with Gasteiger partial charge in [-0.25, -0.2) is 0 Å². The van der Waals surface area contributed by atoms with Crippen molar-refractivity contribution in [3.05, 3.63) is 22.7 Å². The standard InChI is InChI=1S/C11H15BrN2OS/c1-3-4-13-11(16)14-9-5-8(12)6-10(7-9)15-2/h5-7H,3-4H2,1-2H3,(H2,13,14,16). The summed E-state index contributed by atoms with van der Waals surface area (Å²) in [6.07, 6.45) is 1.05. The second-order valence-corrected chi connectivity index (χ2v) is 4.58. The van der Waals surface area contributed by atoms with Crippen molar-refractivity contribution >= 4 is 38.9 Å². The molecule has 16 heavy (non-hydrogen) atoms. The number of nitrogens with one attached hydrogen (secondary N) is 2. The fraction of sp³-hybridized carbons (Fsp3) is 0.364. The zero-order chi connectivity index (χ0) is 12.0. The summed E-state index contributed by atoms with van der Waals surface area (Å²) in [5.41, 5.74) is 0.903. The number of anilines is 1. The molecule has 88 valence electrons. The Balaban J connectivity index is 2.65. The molecule has 0 aliphatic carbocycles. The smallest absolute Gasteiger partial charge is 0.170 e. The Morgan fingerprint density at radius 3 is 2.81 bits per heavy atom. The Bertz CT molecular complexity index is 371.